The Bertz CT molecular complexity index is 701. The molecular formula is C17H18F4N2O. The number of aromatic nitrogens is 2. The lowest BCUT2D eigenvalue weighted by atomic mass is 9.95. The number of alkyl halides is 3. The third kappa shape index (κ3) is 4.66. The predicted molar refractivity (Wildman–Crippen MR) is 81.3 cm³/mol. The van der Waals surface area contributed by atoms with E-state index in [1.165, 1.54) is 24.5 Å². The van der Waals surface area contributed by atoms with Gasteiger partial charge in [-0.2, -0.15) is 0 Å². The van der Waals surface area contributed by atoms with E-state index in [-0.39, 0.29) is 11.8 Å². The second kappa shape index (κ2) is 7.15. The molecule has 130 valence electrons. The predicted octanol–water partition coefficient (Wildman–Crippen LogP) is 4.98. The molecule has 0 radical (unpaired) electrons. The maximum Gasteiger partial charge on any atom is 0.574 e. The fourth-order valence-corrected chi connectivity index (χ4v) is 2.45. The number of nitrogens with zero attached hydrogens (tertiary/aromatic N) is 2. The molecule has 7 heteroatoms. The summed E-state index contributed by atoms with van der Waals surface area (Å²) in [6, 6.07) is 4.46. The van der Waals surface area contributed by atoms with Crippen LogP contribution in [0.2, 0.25) is 0 Å². The van der Waals surface area contributed by atoms with Gasteiger partial charge in [-0.15, -0.1) is 13.2 Å². The van der Waals surface area contributed by atoms with E-state index < -0.39 is 18.1 Å². The SMILES string of the molecule is CC(C)c1cc(CC(C)c2ncccc2F)cnc1OC(F)(F)F. The van der Waals surface area contributed by atoms with Crippen molar-refractivity contribution in [3.8, 4) is 5.88 Å². The van der Waals surface area contributed by atoms with Crippen molar-refractivity contribution in [3.63, 3.8) is 0 Å². The molecule has 1 atom stereocenters. The highest BCUT2D eigenvalue weighted by molar-refractivity contribution is 5.33. The monoisotopic (exact) mass is 342 g/mol. The van der Waals surface area contributed by atoms with E-state index in [1.54, 1.807) is 26.8 Å². The van der Waals surface area contributed by atoms with E-state index >= 15 is 0 Å². The molecule has 2 heterocycles. The second-order valence-electron chi connectivity index (χ2n) is 5.92. The first-order valence-electron chi connectivity index (χ1n) is 7.52. The Morgan fingerprint density at radius 3 is 2.46 bits per heavy atom. The lowest BCUT2D eigenvalue weighted by molar-refractivity contribution is -0.276. The van der Waals surface area contributed by atoms with Crippen molar-refractivity contribution in [1.82, 2.24) is 9.97 Å². The minimum atomic E-state index is -4.79. The van der Waals surface area contributed by atoms with E-state index in [1.807, 2.05) is 0 Å². The van der Waals surface area contributed by atoms with Gasteiger partial charge in [0, 0.05) is 23.9 Å². The maximum atomic E-state index is 13.8. The van der Waals surface area contributed by atoms with Gasteiger partial charge < -0.3 is 4.74 Å². The normalized spacial score (nSPS) is 13.2. The molecule has 0 bridgehead atoms. The quantitative estimate of drug-likeness (QED) is 0.719. The Hall–Kier alpha value is -2.18. The zero-order valence-electron chi connectivity index (χ0n) is 13.6. The highest BCUT2D eigenvalue weighted by Crippen LogP contribution is 2.31. The second-order valence-corrected chi connectivity index (χ2v) is 5.92. The topological polar surface area (TPSA) is 35.0 Å². The lowest BCUT2D eigenvalue weighted by Gasteiger charge is -2.17. The minimum Gasteiger partial charge on any atom is -0.388 e. The van der Waals surface area contributed by atoms with Crippen LogP contribution in [0.3, 0.4) is 0 Å². The summed E-state index contributed by atoms with van der Waals surface area (Å²) in [6.45, 7) is 5.32. The van der Waals surface area contributed by atoms with Gasteiger partial charge in [0.1, 0.15) is 5.82 Å². The third-order valence-corrected chi connectivity index (χ3v) is 3.57. The van der Waals surface area contributed by atoms with Crippen molar-refractivity contribution in [3.05, 3.63) is 53.2 Å². The van der Waals surface area contributed by atoms with E-state index in [4.69, 9.17) is 0 Å². The molecule has 0 aliphatic carbocycles. The van der Waals surface area contributed by atoms with Gasteiger partial charge in [0.05, 0.1) is 5.69 Å². The molecule has 2 aromatic rings. The number of ether oxygens (including phenoxy) is 1. The molecule has 0 saturated carbocycles. The zero-order valence-corrected chi connectivity index (χ0v) is 13.6. The third-order valence-electron chi connectivity index (χ3n) is 3.57. The Labute approximate surface area is 137 Å². The van der Waals surface area contributed by atoms with Gasteiger partial charge >= 0.3 is 6.36 Å². The van der Waals surface area contributed by atoms with E-state index in [9.17, 15) is 17.6 Å². The van der Waals surface area contributed by atoms with E-state index in [2.05, 4.69) is 14.7 Å². The fraction of sp³-hybridized carbons (Fsp3) is 0.412. The van der Waals surface area contributed by atoms with Crippen LogP contribution in [0.4, 0.5) is 17.6 Å². The molecule has 2 rings (SSSR count). The largest absolute Gasteiger partial charge is 0.574 e. The molecule has 0 aliphatic rings. The van der Waals surface area contributed by atoms with Gasteiger partial charge in [-0.1, -0.05) is 20.8 Å². The highest BCUT2D eigenvalue weighted by Gasteiger charge is 2.33. The summed E-state index contributed by atoms with van der Waals surface area (Å²) >= 11 is 0. The van der Waals surface area contributed by atoms with Crippen molar-refractivity contribution in [1.29, 1.82) is 0 Å². The van der Waals surface area contributed by atoms with Gasteiger partial charge in [-0.3, -0.25) is 4.98 Å². The molecule has 0 aliphatic heterocycles. The summed E-state index contributed by atoms with van der Waals surface area (Å²) in [5, 5.41) is 0. The van der Waals surface area contributed by atoms with Crippen molar-refractivity contribution in [2.45, 2.75) is 45.4 Å². The van der Waals surface area contributed by atoms with Gasteiger partial charge in [0.2, 0.25) is 5.88 Å². The zero-order chi connectivity index (χ0) is 17.9. The van der Waals surface area contributed by atoms with Crippen LogP contribution in [-0.4, -0.2) is 16.3 Å². The van der Waals surface area contributed by atoms with E-state index in [0.717, 1.165) is 0 Å². The first kappa shape index (κ1) is 18.2. The molecule has 0 fully saturated rings. The van der Waals surface area contributed by atoms with Crippen LogP contribution in [0, 0.1) is 5.82 Å². The molecule has 3 nitrogen and oxygen atoms in total. The van der Waals surface area contributed by atoms with Gasteiger partial charge in [0.15, 0.2) is 0 Å². The van der Waals surface area contributed by atoms with Crippen molar-refractivity contribution in [2.24, 2.45) is 0 Å². The van der Waals surface area contributed by atoms with E-state index in [0.29, 0.717) is 23.2 Å². The fourth-order valence-electron chi connectivity index (χ4n) is 2.45. The Kier molecular flexibility index (Phi) is 5.41. The van der Waals surface area contributed by atoms with Crippen LogP contribution in [0.1, 0.15) is 49.4 Å². The highest BCUT2D eigenvalue weighted by atomic mass is 19.4. The number of halogens is 4. The molecule has 0 aromatic carbocycles. The smallest absolute Gasteiger partial charge is 0.388 e. The van der Waals surface area contributed by atoms with Gasteiger partial charge in [-0.25, -0.2) is 9.37 Å². The van der Waals surface area contributed by atoms with Crippen LogP contribution in [0.5, 0.6) is 5.88 Å². The van der Waals surface area contributed by atoms with Crippen LogP contribution in [-0.2, 0) is 6.42 Å². The van der Waals surface area contributed by atoms with Gasteiger partial charge in [0.25, 0.3) is 0 Å². The van der Waals surface area contributed by atoms with Crippen molar-refractivity contribution >= 4 is 0 Å². The Morgan fingerprint density at radius 1 is 1.17 bits per heavy atom. The van der Waals surface area contributed by atoms with Crippen molar-refractivity contribution < 1.29 is 22.3 Å². The molecule has 0 spiro atoms. The standard InChI is InChI=1S/C17H18F4N2O/c1-10(2)13-8-12(9-23-16(13)24-17(19,20)21)7-11(3)15-14(18)5-4-6-22-15/h4-6,8-11H,7H2,1-3H3. The first-order valence-corrected chi connectivity index (χ1v) is 7.52. The molecule has 2 aromatic heterocycles. The van der Waals surface area contributed by atoms with Crippen LogP contribution < -0.4 is 4.74 Å². The van der Waals surface area contributed by atoms with Crippen molar-refractivity contribution in [2.75, 3.05) is 0 Å². The summed E-state index contributed by atoms with van der Waals surface area (Å²) < 4.78 is 55.1. The Morgan fingerprint density at radius 2 is 1.88 bits per heavy atom. The summed E-state index contributed by atoms with van der Waals surface area (Å²) in [5.74, 6) is -1.28. The Balaban J connectivity index is 2.25. The van der Waals surface area contributed by atoms with Crippen LogP contribution in [0.15, 0.2) is 30.6 Å². The summed E-state index contributed by atoms with van der Waals surface area (Å²) in [7, 11) is 0. The van der Waals surface area contributed by atoms with Crippen LogP contribution in [0.25, 0.3) is 0 Å². The molecular weight excluding hydrogens is 324 g/mol. The lowest BCUT2D eigenvalue weighted by Crippen LogP contribution is -2.19. The molecule has 24 heavy (non-hydrogen) atoms. The number of hydrogen-bond acceptors (Lipinski definition) is 3. The average molecular weight is 342 g/mol. The molecule has 1 unspecified atom stereocenters. The number of hydrogen-bond donors (Lipinski definition) is 0. The van der Waals surface area contributed by atoms with Crippen LogP contribution >= 0.6 is 0 Å². The number of rotatable bonds is 5. The molecule has 0 N–H and O–H groups in total. The summed E-state index contributed by atoms with van der Waals surface area (Å²) in [5.41, 5.74) is 1.38. The van der Waals surface area contributed by atoms with Gasteiger partial charge in [-0.05, 0) is 36.1 Å². The number of pyridine rings is 2. The summed E-state index contributed by atoms with van der Waals surface area (Å²) in [4.78, 5) is 7.83. The minimum absolute atomic E-state index is 0.198. The molecule has 0 amide bonds. The summed E-state index contributed by atoms with van der Waals surface area (Å²) in [6.07, 6.45) is -1.55. The average Bonchev–Trinajstić information content (AvgIpc) is 2.47. The molecule has 0 saturated heterocycles. The first-order chi connectivity index (χ1) is 11.2. The maximum absolute atomic E-state index is 13.8.